The highest BCUT2D eigenvalue weighted by Gasteiger charge is 2.24. The Morgan fingerprint density at radius 2 is 2.64 bits per heavy atom. The molecule has 1 aliphatic rings. The first-order valence-electron chi connectivity index (χ1n) is 3.63. The summed E-state index contributed by atoms with van der Waals surface area (Å²) in [4.78, 5) is 15.0. The molecule has 0 aliphatic carbocycles. The molecule has 1 amide bonds. The van der Waals surface area contributed by atoms with Gasteiger partial charge in [0.05, 0.1) is 6.33 Å². The molecule has 58 valence electrons. The van der Waals surface area contributed by atoms with Gasteiger partial charge in [0, 0.05) is 18.9 Å². The lowest BCUT2D eigenvalue weighted by Crippen LogP contribution is -2.20. The number of carbonyl (C=O) groups is 1. The predicted octanol–water partition coefficient (Wildman–Crippen LogP) is -0.0559. The van der Waals surface area contributed by atoms with Crippen LogP contribution in [0.25, 0.3) is 0 Å². The predicted molar refractivity (Wildman–Crippen MR) is 38.9 cm³/mol. The molecule has 1 fully saturated rings. The fraction of sp³-hybridized carbons (Fsp3) is 0.429. The third-order valence-electron chi connectivity index (χ3n) is 1.90. The molecule has 1 aliphatic heterocycles. The van der Waals surface area contributed by atoms with E-state index in [-0.39, 0.29) is 11.9 Å². The molecule has 1 aromatic rings. The molecule has 1 atom stereocenters. The Hall–Kier alpha value is -1.32. The Balaban J connectivity index is 2.23. The third-order valence-corrected chi connectivity index (χ3v) is 1.90. The molecule has 0 radical (unpaired) electrons. The van der Waals surface area contributed by atoms with Crippen molar-refractivity contribution >= 4 is 5.91 Å². The second-order valence-corrected chi connectivity index (χ2v) is 2.61. The molecule has 0 bridgehead atoms. The minimum Gasteiger partial charge on any atom is -0.354 e. The van der Waals surface area contributed by atoms with Gasteiger partial charge in [0.1, 0.15) is 6.04 Å². The molecular weight excluding hydrogens is 142 g/mol. The summed E-state index contributed by atoms with van der Waals surface area (Å²) in [5, 5.41) is 2.77. The third kappa shape index (κ3) is 1.00. The summed E-state index contributed by atoms with van der Waals surface area (Å²) in [6.45, 7) is 0.779. The summed E-state index contributed by atoms with van der Waals surface area (Å²) in [6, 6.07) is -0.0301. The second kappa shape index (κ2) is 2.38. The van der Waals surface area contributed by atoms with Crippen LogP contribution >= 0.6 is 0 Å². The number of nitrogens with zero attached hydrogens (tertiary/aromatic N) is 2. The smallest absolute Gasteiger partial charge is 0.243 e. The highest BCUT2D eigenvalue weighted by molar-refractivity contribution is 5.82. The van der Waals surface area contributed by atoms with Gasteiger partial charge in [-0.25, -0.2) is 4.98 Å². The number of rotatable bonds is 1. The zero-order valence-corrected chi connectivity index (χ0v) is 6.03. The van der Waals surface area contributed by atoms with Gasteiger partial charge in [-0.15, -0.1) is 0 Å². The van der Waals surface area contributed by atoms with Crippen LogP contribution in [0.15, 0.2) is 18.7 Å². The first kappa shape index (κ1) is 6.39. The molecule has 1 N–H and O–H groups in total. The summed E-state index contributed by atoms with van der Waals surface area (Å²) < 4.78 is 1.84. The number of nitrogens with one attached hydrogen (secondary N) is 1. The van der Waals surface area contributed by atoms with Crippen LogP contribution in [0.1, 0.15) is 12.5 Å². The minimum atomic E-state index is -0.0301. The number of aromatic nitrogens is 2. The summed E-state index contributed by atoms with van der Waals surface area (Å²) in [7, 11) is 0. The van der Waals surface area contributed by atoms with Crippen molar-refractivity contribution in [1.82, 2.24) is 14.9 Å². The summed E-state index contributed by atoms with van der Waals surface area (Å²) >= 11 is 0. The lowest BCUT2D eigenvalue weighted by molar-refractivity contribution is -0.121. The maximum atomic E-state index is 11.1. The molecule has 0 saturated carbocycles. The zero-order chi connectivity index (χ0) is 7.68. The number of imidazole rings is 1. The van der Waals surface area contributed by atoms with E-state index in [4.69, 9.17) is 0 Å². The van der Waals surface area contributed by atoms with Crippen LogP contribution in [0, 0.1) is 0 Å². The van der Waals surface area contributed by atoms with E-state index in [1.165, 1.54) is 0 Å². The van der Waals surface area contributed by atoms with E-state index in [0.717, 1.165) is 13.0 Å². The van der Waals surface area contributed by atoms with Gasteiger partial charge >= 0.3 is 0 Å². The van der Waals surface area contributed by atoms with Gasteiger partial charge in [0.2, 0.25) is 5.91 Å². The van der Waals surface area contributed by atoms with Crippen molar-refractivity contribution in [3.63, 3.8) is 0 Å². The van der Waals surface area contributed by atoms with Crippen molar-refractivity contribution in [3.05, 3.63) is 18.7 Å². The standard InChI is InChI=1S/C7H9N3O/c11-7-6(1-2-9-7)10-4-3-8-5-10/h3-6H,1-2H2,(H,9,11). The van der Waals surface area contributed by atoms with Gasteiger partial charge in [-0.05, 0) is 6.42 Å². The van der Waals surface area contributed by atoms with E-state index in [2.05, 4.69) is 10.3 Å². The quantitative estimate of drug-likeness (QED) is 0.611. The molecule has 4 nitrogen and oxygen atoms in total. The normalized spacial score (nSPS) is 23.6. The first-order chi connectivity index (χ1) is 5.38. The Kier molecular flexibility index (Phi) is 1.38. The van der Waals surface area contributed by atoms with Crippen LogP contribution in [0.3, 0.4) is 0 Å². The van der Waals surface area contributed by atoms with Crippen molar-refractivity contribution < 1.29 is 4.79 Å². The maximum absolute atomic E-state index is 11.1. The fourth-order valence-electron chi connectivity index (χ4n) is 1.32. The van der Waals surface area contributed by atoms with Crippen molar-refractivity contribution in [2.75, 3.05) is 6.54 Å². The van der Waals surface area contributed by atoms with Crippen LogP contribution in [-0.2, 0) is 4.79 Å². The van der Waals surface area contributed by atoms with E-state index in [9.17, 15) is 4.79 Å². The van der Waals surface area contributed by atoms with E-state index >= 15 is 0 Å². The summed E-state index contributed by atoms with van der Waals surface area (Å²) in [5.74, 6) is 0.100. The van der Waals surface area contributed by atoms with Crippen molar-refractivity contribution in [2.45, 2.75) is 12.5 Å². The Morgan fingerprint density at radius 3 is 3.18 bits per heavy atom. The van der Waals surface area contributed by atoms with Crippen LogP contribution < -0.4 is 5.32 Å². The summed E-state index contributed by atoms with van der Waals surface area (Å²) in [5.41, 5.74) is 0. The minimum absolute atomic E-state index is 0.0301. The molecule has 11 heavy (non-hydrogen) atoms. The lowest BCUT2D eigenvalue weighted by Gasteiger charge is -2.06. The topological polar surface area (TPSA) is 46.9 Å². The van der Waals surface area contributed by atoms with E-state index in [1.54, 1.807) is 12.5 Å². The molecule has 0 aromatic carbocycles. The van der Waals surface area contributed by atoms with E-state index in [1.807, 2.05) is 10.8 Å². The van der Waals surface area contributed by atoms with E-state index in [0.29, 0.717) is 0 Å². The van der Waals surface area contributed by atoms with Gasteiger partial charge in [-0.1, -0.05) is 0 Å². The highest BCUT2D eigenvalue weighted by Crippen LogP contribution is 2.14. The average Bonchev–Trinajstić information content (AvgIpc) is 2.55. The fourth-order valence-corrected chi connectivity index (χ4v) is 1.32. The Morgan fingerprint density at radius 1 is 1.73 bits per heavy atom. The largest absolute Gasteiger partial charge is 0.354 e. The average molecular weight is 151 g/mol. The molecule has 2 heterocycles. The SMILES string of the molecule is O=C1NCCC1n1ccnc1. The molecule has 1 aromatic heterocycles. The molecule has 2 rings (SSSR count). The van der Waals surface area contributed by atoms with Gasteiger partial charge in [-0.2, -0.15) is 0 Å². The monoisotopic (exact) mass is 151 g/mol. The molecule has 0 spiro atoms. The van der Waals surface area contributed by atoms with Crippen molar-refractivity contribution in [1.29, 1.82) is 0 Å². The maximum Gasteiger partial charge on any atom is 0.243 e. The number of carbonyl (C=O) groups excluding carboxylic acids is 1. The Labute approximate surface area is 64.2 Å². The van der Waals surface area contributed by atoms with E-state index < -0.39 is 0 Å². The molecule has 1 unspecified atom stereocenters. The van der Waals surface area contributed by atoms with Crippen molar-refractivity contribution in [3.8, 4) is 0 Å². The Bertz CT molecular complexity index is 255. The number of hydrogen-bond donors (Lipinski definition) is 1. The highest BCUT2D eigenvalue weighted by atomic mass is 16.2. The zero-order valence-electron chi connectivity index (χ0n) is 6.03. The first-order valence-corrected chi connectivity index (χ1v) is 3.63. The van der Waals surface area contributed by atoms with Gasteiger partial charge in [0.25, 0.3) is 0 Å². The molecular formula is C7H9N3O. The number of hydrogen-bond acceptors (Lipinski definition) is 2. The van der Waals surface area contributed by atoms with Gasteiger partial charge in [-0.3, -0.25) is 4.79 Å². The number of amides is 1. The van der Waals surface area contributed by atoms with Crippen molar-refractivity contribution in [2.24, 2.45) is 0 Å². The van der Waals surface area contributed by atoms with Gasteiger partial charge < -0.3 is 9.88 Å². The molecule has 4 heteroatoms. The van der Waals surface area contributed by atoms with Gasteiger partial charge in [0.15, 0.2) is 0 Å². The van der Waals surface area contributed by atoms with Crippen LogP contribution in [0.4, 0.5) is 0 Å². The second-order valence-electron chi connectivity index (χ2n) is 2.61. The van der Waals surface area contributed by atoms with Crippen LogP contribution in [0.2, 0.25) is 0 Å². The lowest BCUT2D eigenvalue weighted by atomic mass is 10.2. The molecule has 1 saturated heterocycles. The van der Waals surface area contributed by atoms with Crippen LogP contribution in [-0.4, -0.2) is 22.0 Å². The van der Waals surface area contributed by atoms with Crippen LogP contribution in [0.5, 0.6) is 0 Å². The summed E-state index contributed by atoms with van der Waals surface area (Å²) in [6.07, 6.45) is 6.05.